The van der Waals surface area contributed by atoms with E-state index < -0.39 is 18.0 Å². The summed E-state index contributed by atoms with van der Waals surface area (Å²) < 4.78 is 9.66. The van der Waals surface area contributed by atoms with Gasteiger partial charge in [-0.05, 0) is 19.8 Å². The average molecular weight is 262 g/mol. The zero-order valence-corrected chi connectivity index (χ0v) is 10.8. The Bertz CT molecular complexity index is 241. The summed E-state index contributed by atoms with van der Waals surface area (Å²) in [6, 6.07) is 0. The minimum Gasteiger partial charge on any atom is -0.463 e. The molecule has 0 aliphatic heterocycles. The second-order valence-electron chi connectivity index (χ2n) is 3.91. The Morgan fingerprint density at radius 1 is 1.06 bits per heavy atom. The Hall–Kier alpha value is -1.14. The number of hydrogen-bond donors (Lipinski definition) is 2. The van der Waals surface area contributed by atoms with Crippen LogP contribution in [0.5, 0.6) is 0 Å². The van der Waals surface area contributed by atoms with Crippen LogP contribution in [-0.4, -0.2) is 48.1 Å². The molecule has 0 amide bonds. The van der Waals surface area contributed by atoms with Crippen LogP contribution in [0.2, 0.25) is 0 Å². The molecule has 0 aromatic carbocycles. The third kappa shape index (κ3) is 8.95. The Kier molecular flexibility index (Phi) is 10.3. The van der Waals surface area contributed by atoms with Crippen molar-refractivity contribution in [2.24, 2.45) is 0 Å². The quantitative estimate of drug-likeness (QED) is 0.437. The topological polar surface area (TPSA) is 93.1 Å². The van der Waals surface area contributed by atoms with E-state index in [9.17, 15) is 9.59 Å². The molecule has 0 saturated heterocycles. The highest BCUT2D eigenvalue weighted by molar-refractivity contribution is 5.78. The number of carbonyl (C=O) groups is 2. The lowest BCUT2D eigenvalue weighted by Gasteiger charge is -2.12. The molecule has 0 rings (SSSR count). The van der Waals surface area contributed by atoms with Gasteiger partial charge in [-0.3, -0.25) is 4.79 Å². The molecule has 0 bridgehead atoms. The number of aliphatic hydroxyl groups is 2. The molecule has 0 radical (unpaired) electrons. The fraction of sp³-hybridized carbons (Fsp3) is 0.833. The number of carbonyl (C=O) groups excluding carboxylic acids is 2. The van der Waals surface area contributed by atoms with Crippen molar-refractivity contribution in [3.05, 3.63) is 0 Å². The first kappa shape index (κ1) is 16.9. The van der Waals surface area contributed by atoms with Gasteiger partial charge in [0.1, 0.15) is 0 Å². The third-order valence-corrected chi connectivity index (χ3v) is 2.23. The van der Waals surface area contributed by atoms with Gasteiger partial charge in [-0.15, -0.1) is 0 Å². The molecule has 0 heterocycles. The molecule has 0 spiro atoms. The Morgan fingerprint density at radius 2 is 1.72 bits per heavy atom. The highest BCUT2D eigenvalue weighted by Gasteiger charge is 2.18. The van der Waals surface area contributed by atoms with Crippen molar-refractivity contribution in [2.45, 2.75) is 45.1 Å². The molecular formula is C12H22O6. The van der Waals surface area contributed by atoms with Gasteiger partial charge in [0.05, 0.1) is 6.61 Å². The van der Waals surface area contributed by atoms with E-state index in [4.69, 9.17) is 19.7 Å². The summed E-state index contributed by atoms with van der Waals surface area (Å²) in [5.41, 5.74) is 0. The van der Waals surface area contributed by atoms with Crippen LogP contribution in [0.3, 0.4) is 0 Å². The largest absolute Gasteiger partial charge is 0.463 e. The molecule has 2 N–H and O–H groups in total. The third-order valence-electron chi connectivity index (χ3n) is 2.23. The van der Waals surface area contributed by atoms with E-state index in [1.54, 1.807) is 0 Å². The predicted octanol–water partition coefficient (Wildman–Crippen LogP) is 0.396. The maximum Gasteiger partial charge on any atom is 0.347 e. The summed E-state index contributed by atoms with van der Waals surface area (Å²) in [6.45, 7) is 1.63. The average Bonchev–Trinajstić information content (AvgIpc) is 2.34. The Balaban J connectivity index is 3.68. The summed E-state index contributed by atoms with van der Waals surface area (Å²) in [7, 11) is 0. The molecule has 6 nitrogen and oxygen atoms in total. The van der Waals surface area contributed by atoms with Crippen LogP contribution in [0.15, 0.2) is 0 Å². The smallest absolute Gasteiger partial charge is 0.347 e. The van der Waals surface area contributed by atoms with Gasteiger partial charge >= 0.3 is 11.9 Å². The second-order valence-corrected chi connectivity index (χ2v) is 3.91. The Labute approximate surface area is 107 Å². The lowest BCUT2D eigenvalue weighted by Crippen LogP contribution is -2.26. The van der Waals surface area contributed by atoms with Gasteiger partial charge in [0, 0.05) is 26.1 Å². The first-order valence-corrected chi connectivity index (χ1v) is 6.19. The highest BCUT2D eigenvalue weighted by atomic mass is 16.6. The van der Waals surface area contributed by atoms with Crippen molar-refractivity contribution in [1.82, 2.24) is 0 Å². The van der Waals surface area contributed by atoms with Crippen LogP contribution >= 0.6 is 0 Å². The fourth-order valence-electron chi connectivity index (χ4n) is 1.22. The van der Waals surface area contributed by atoms with Crippen LogP contribution in [0, 0.1) is 0 Å². The zero-order valence-electron chi connectivity index (χ0n) is 10.8. The minimum absolute atomic E-state index is 0.0493. The number of unbranched alkanes of at least 4 members (excludes halogenated alkanes) is 2. The molecule has 0 aromatic heterocycles. The Morgan fingerprint density at radius 3 is 2.33 bits per heavy atom. The molecule has 6 heteroatoms. The molecule has 0 saturated carbocycles. The molecule has 1 atom stereocenters. The van der Waals surface area contributed by atoms with Gasteiger partial charge in [-0.25, -0.2) is 4.79 Å². The van der Waals surface area contributed by atoms with Crippen molar-refractivity contribution in [3.63, 3.8) is 0 Å². The lowest BCUT2D eigenvalue weighted by atomic mass is 10.2. The van der Waals surface area contributed by atoms with Crippen LogP contribution in [0.1, 0.15) is 39.0 Å². The standard InChI is InChI=1S/C12H22O6/c1-10(12(16)17-9-5-8-14)18-11(15)6-3-2-4-7-13/h10,13-14H,2-9H2,1H3. The molecule has 1 unspecified atom stereocenters. The number of aliphatic hydroxyl groups excluding tert-OH is 2. The van der Waals surface area contributed by atoms with E-state index in [0.29, 0.717) is 19.3 Å². The van der Waals surface area contributed by atoms with Crippen molar-refractivity contribution in [1.29, 1.82) is 0 Å². The molecule has 0 aliphatic rings. The van der Waals surface area contributed by atoms with Crippen molar-refractivity contribution in [2.75, 3.05) is 19.8 Å². The monoisotopic (exact) mass is 262 g/mol. The first-order valence-electron chi connectivity index (χ1n) is 6.19. The summed E-state index contributed by atoms with van der Waals surface area (Å²) in [5.74, 6) is -1.05. The summed E-state index contributed by atoms with van der Waals surface area (Å²) in [5, 5.41) is 17.1. The van der Waals surface area contributed by atoms with Gasteiger partial charge in [-0.1, -0.05) is 6.42 Å². The first-order chi connectivity index (χ1) is 8.61. The van der Waals surface area contributed by atoms with Crippen LogP contribution < -0.4 is 0 Å². The van der Waals surface area contributed by atoms with E-state index in [2.05, 4.69) is 0 Å². The number of rotatable bonds is 10. The van der Waals surface area contributed by atoms with E-state index in [0.717, 1.165) is 6.42 Å². The van der Waals surface area contributed by atoms with Crippen LogP contribution in [-0.2, 0) is 19.1 Å². The predicted molar refractivity (Wildman–Crippen MR) is 63.8 cm³/mol. The summed E-state index contributed by atoms with van der Waals surface area (Å²) in [4.78, 5) is 22.6. The zero-order chi connectivity index (χ0) is 13.8. The van der Waals surface area contributed by atoms with E-state index in [1.807, 2.05) is 0 Å². The SMILES string of the molecule is CC(OC(=O)CCCCCO)C(=O)OCCCO. The van der Waals surface area contributed by atoms with Gasteiger partial charge in [0.15, 0.2) is 6.10 Å². The number of ether oxygens (including phenoxy) is 2. The number of esters is 2. The minimum atomic E-state index is -0.922. The maximum atomic E-state index is 11.3. The van der Waals surface area contributed by atoms with Crippen LogP contribution in [0.4, 0.5) is 0 Å². The molecule has 106 valence electrons. The van der Waals surface area contributed by atoms with Crippen molar-refractivity contribution >= 4 is 11.9 Å². The lowest BCUT2D eigenvalue weighted by molar-refractivity contribution is -0.166. The van der Waals surface area contributed by atoms with E-state index >= 15 is 0 Å². The normalized spacial score (nSPS) is 11.9. The number of hydrogen-bond acceptors (Lipinski definition) is 6. The van der Waals surface area contributed by atoms with Gasteiger partial charge in [-0.2, -0.15) is 0 Å². The van der Waals surface area contributed by atoms with E-state index in [-0.39, 0.29) is 26.2 Å². The van der Waals surface area contributed by atoms with Crippen LogP contribution in [0.25, 0.3) is 0 Å². The van der Waals surface area contributed by atoms with Gasteiger partial charge in [0.2, 0.25) is 0 Å². The van der Waals surface area contributed by atoms with Crippen molar-refractivity contribution in [3.8, 4) is 0 Å². The fourth-order valence-corrected chi connectivity index (χ4v) is 1.22. The van der Waals surface area contributed by atoms with E-state index in [1.165, 1.54) is 6.92 Å². The molecule has 0 aromatic rings. The van der Waals surface area contributed by atoms with Crippen molar-refractivity contribution < 1.29 is 29.3 Å². The molecule has 18 heavy (non-hydrogen) atoms. The maximum absolute atomic E-state index is 11.3. The summed E-state index contributed by atoms with van der Waals surface area (Å²) in [6.07, 6.45) is 1.72. The highest BCUT2D eigenvalue weighted by Crippen LogP contribution is 2.04. The van der Waals surface area contributed by atoms with Gasteiger partial charge in [0.25, 0.3) is 0 Å². The molecular weight excluding hydrogens is 240 g/mol. The summed E-state index contributed by atoms with van der Waals surface area (Å²) >= 11 is 0. The molecule has 0 aliphatic carbocycles. The molecule has 0 fully saturated rings. The van der Waals surface area contributed by atoms with Gasteiger partial charge < -0.3 is 19.7 Å². The second kappa shape index (κ2) is 11.0.